The molecule has 0 radical (unpaired) electrons. The first-order valence-electron chi connectivity index (χ1n) is 9.77. The molecule has 1 saturated carbocycles. The van der Waals surface area contributed by atoms with Gasteiger partial charge in [0.05, 0.1) is 12.2 Å². The molecule has 3 aromatic heterocycles. The van der Waals surface area contributed by atoms with Gasteiger partial charge in [-0.25, -0.2) is 14.3 Å². The highest BCUT2D eigenvalue weighted by atomic mass is 32.1. The fourth-order valence-electron chi connectivity index (χ4n) is 3.82. The largest absolute Gasteiger partial charge is 0.346 e. The van der Waals surface area contributed by atoms with Crippen LogP contribution in [0.3, 0.4) is 0 Å². The topological polar surface area (TPSA) is 81.7 Å². The molecule has 5 rings (SSSR count). The van der Waals surface area contributed by atoms with Crippen molar-refractivity contribution < 1.29 is 0 Å². The fraction of sp³-hybridized carbons (Fsp3) is 0.526. The summed E-state index contributed by atoms with van der Waals surface area (Å²) in [5.74, 6) is 2.65. The van der Waals surface area contributed by atoms with Crippen molar-refractivity contribution >= 4 is 16.7 Å². The smallest absolute Gasteiger partial charge is 0.266 e. The van der Waals surface area contributed by atoms with Crippen molar-refractivity contribution in [1.82, 2.24) is 28.9 Å². The molecule has 2 fully saturated rings. The van der Waals surface area contributed by atoms with Gasteiger partial charge in [-0.2, -0.15) is 9.47 Å². The maximum atomic E-state index is 12.3. The lowest BCUT2D eigenvalue weighted by atomic mass is 9.85. The van der Waals surface area contributed by atoms with Crippen LogP contribution in [0.15, 0.2) is 23.0 Å². The molecule has 8 nitrogen and oxygen atoms in total. The Morgan fingerprint density at radius 3 is 2.68 bits per heavy atom. The Balaban J connectivity index is 1.26. The van der Waals surface area contributed by atoms with Crippen LogP contribution in [0.4, 0.5) is 5.13 Å². The second-order valence-corrected chi connectivity index (χ2v) is 8.62. The molecule has 1 saturated heterocycles. The average Bonchev–Trinajstić information content (AvgIpc) is 3.17. The van der Waals surface area contributed by atoms with E-state index >= 15 is 0 Å². The van der Waals surface area contributed by atoms with Crippen molar-refractivity contribution in [3.8, 4) is 5.82 Å². The first kappa shape index (κ1) is 17.5. The minimum absolute atomic E-state index is 0.0769. The molecule has 4 heterocycles. The van der Waals surface area contributed by atoms with Crippen molar-refractivity contribution in [2.45, 2.75) is 45.6 Å². The number of hydrogen-bond donors (Lipinski definition) is 0. The van der Waals surface area contributed by atoms with Gasteiger partial charge in [0.15, 0.2) is 5.82 Å². The third-order valence-electron chi connectivity index (χ3n) is 5.64. The summed E-state index contributed by atoms with van der Waals surface area (Å²) in [6, 6.07) is 5.31. The number of rotatable bonds is 5. The zero-order valence-electron chi connectivity index (χ0n) is 16.1. The molecular weight excluding hydrogens is 374 g/mol. The molecular formula is C19H23N7OS. The summed E-state index contributed by atoms with van der Waals surface area (Å²) >= 11 is 1.50. The van der Waals surface area contributed by atoms with Gasteiger partial charge in [-0.3, -0.25) is 4.79 Å². The first-order valence-corrected chi connectivity index (χ1v) is 10.5. The summed E-state index contributed by atoms with van der Waals surface area (Å²) in [5, 5.41) is 10.0. The Kier molecular flexibility index (Phi) is 4.26. The molecule has 1 aliphatic carbocycles. The van der Waals surface area contributed by atoms with Crippen molar-refractivity contribution in [3.63, 3.8) is 0 Å². The predicted molar refractivity (Wildman–Crippen MR) is 107 cm³/mol. The molecule has 0 bridgehead atoms. The normalized spacial score (nSPS) is 17.6. The number of anilines is 1. The predicted octanol–water partition coefficient (Wildman–Crippen LogP) is 2.30. The molecule has 1 aliphatic heterocycles. The molecule has 28 heavy (non-hydrogen) atoms. The van der Waals surface area contributed by atoms with Crippen LogP contribution in [-0.2, 0) is 6.54 Å². The van der Waals surface area contributed by atoms with Crippen LogP contribution in [0.2, 0.25) is 0 Å². The van der Waals surface area contributed by atoms with Gasteiger partial charge in [0.1, 0.15) is 5.82 Å². The second kappa shape index (κ2) is 6.80. The van der Waals surface area contributed by atoms with E-state index in [0.29, 0.717) is 24.2 Å². The number of nitrogens with zero attached hydrogens (tertiary/aromatic N) is 7. The lowest BCUT2D eigenvalue weighted by molar-refractivity contribution is 0.333. The van der Waals surface area contributed by atoms with Gasteiger partial charge >= 0.3 is 0 Å². The van der Waals surface area contributed by atoms with Gasteiger partial charge in [-0.15, -0.1) is 5.10 Å². The van der Waals surface area contributed by atoms with Crippen molar-refractivity contribution in [2.75, 3.05) is 18.0 Å². The van der Waals surface area contributed by atoms with E-state index in [9.17, 15) is 4.79 Å². The van der Waals surface area contributed by atoms with E-state index < -0.39 is 0 Å². The van der Waals surface area contributed by atoms with Gasteiger partial charge in [0, 0.05) is 48.2 Å². The Bertz CT molecular complexity index is 1060. The first-order chi connectivity index (χ1) is 13.6. The van der Waals surface area contributed by atoms with Crippen LogP contribution in [0, 0.1) is 19.8 Å². The van der Waals surface area contributed by atoms with E-state index in [2.05, 4.69) is 19.5 Å². The van der Waals surface area contributed by atoms with E-state index in [1.165, 1.54) is 30.8 Å². The summed E-state index contributed by atoms with van der Waals surface area (Å²) in [6.07, 6.45) is 3.74. The minimum atomic E-state index is -0.0769. The summed E-state index contributed by atoms with van der Waals surface area (Å²) in [6.45, 7) is 6.32. The Morgan fingerprint density at radius 1 is 1.18 bits per heavy atom. The van der Waals surface area contributed by atoms with Crippen LogP contribution >= 0.6 is 11.5 Å². The van der Waals surface area contributed by atoms with Gasteiger partial charge in [0.2, 0.25) is 5.13 Å². The molecule has 0 amide bonds. The van der Waals surface area contributed by atoms with Gasteiger partial charge in [-0.1, -0.05) is 6.42 Å². The van der Waals surface area contributed by atoms with E-state index in [1.807, 2.05) is 19.9 Å². The number of aromatic nitrogens is 6. The summed E-state index contributed by atoms with van der Waals surface area (Å²) in [7, 11) is 0. The molecule has 3 aromatic rings. The van der Waals surface area contributed by atoms with Gasteiger partial charge < -0.3 is 4.90 Å². The molecule has 146 valence electrons. The molecule has 0 aromatic carbocycles. The fourth-order valence-corrected chi connectivity index (χ4v) is 4.58. The van der Waals surface area contributed by atoms with E-state index in [4.69, 9.17) is 4.98 Å². The Hall–Kier alpha value is -2.55. The zero-order chi connectivity index (χ0) is 19.3. The highest BCUT2D eigenvalue weighted by Crippen LogP contribution is 2.37. The van der Waals surface area contributed by atoms with Crippen LogP contribution < -0.4 is 10.5 Å². The standard InChI is InChI=1S/C19H23N7OS/c1-12-8-13(2)26(21-12)16-6-7-17(27)25(22-16)11-14-9-24(10-14)19-20-18(23-28-19)15-4-3-5-15/h6-8,14-15H,3-5,9-11H2,1-2H3. The lowest BCUT2D eigenvalue weighted by Gasteiger charge is -2.38. The van der Waals surface area contributed by atoms with Crippen molar-refractivity contribution in [3.05, 3.63) is 45.8 Å². The monoisotopic (exact) mass is 397 g/mol. The molecule has 0 atom stereocenters. The molecule has 0 spiro atoms. The van der Waals surface area contributed by atoms with Crippen molar-refractivity contribution in [1.29, 1.82) is 0 Å². The molecule has 0 unspecified atom stereocenters. The van der Waals surface area contributed by atoms with Gasteiger partial charge in [0.25, 0.3) is 5.56 Å². The quantitative estimate of drug-likeness (QED) is 0.657. The Morgan fingerprint density at radius 2 is 2.00 bits per heavy atom. The Labute approximate surface area is 167 Å². The van der Waals surface area contributed by atoms with E-state index in [1.54, 1.807) is 21.5 Å². The van der Waals surface area contributed by atoms with Crippen LogP contribution in [0.5, 0.6) is 0 Å². The lowest BCUT2D eigenvalue weighted by Crippen LogP contribution is -2.49. The highest BCUT2D eigenvalue weighted by molar-refractivity contribution is 7.09. The number of aryl methyl sites for hydroxylation is 2. The van der Waals surface area contributed by atoms with Crippen LogP contribution in [-0.4, -0.2) is 42.0 Å². The molecule has 0 N–H and O–H groups in total. The average molecular weight is 398 g/mol. The van der Waals surface area contributed by atoms with E-state index in [0.717, 1.165) is 35.4 Å². The summed E-state index contributed by atoms with van der Waals surface area (Å²) < 4.78 is 7.87. The minimum Gasteiger partial charge on any atom is -0.346 e. The maximum Gasteiger partial charge on any atom is 0.266 e. The molecule has 9 heteroatoms. The maximum absolute atomic E-state index is 12.3. The summed E-state index contributed by atoms with van der Waals surface area (Å²) in [4.78, 5) is 19.2. The SMILES string of the molecule is Cc1cc(C)n(-c2ccc(=O)n(CC3CN(c4nc(C5CCC5)ns4)C3)n2)n1. The third kappa shape index (κ3) is 3.13. The third-order valence-corrected chi connectivity index (χ3v) is 6.43. The zero-order valence-corrected chi connectivity index (χ0v) is 16.9. The van der Waals surface area contributed by atoms with Gasteiger partial charge in [-0.05, 0) is 38.8 Å². The van der Waals surface area contributed by atoms with E-state index in [-0.39, 0.29) is 5.56 Å². The summed E-state index contributed by atoms with van der Waals surface area (Å²) in [5.41, 5.74) is 1.86. The second-order valence-electron chi connectivity index (χ2n) is 7.88. The van der Waals surface area contributed by atoms with Crippen molar-refractivity contribution in [2.24, 2.45) is 5.92 Å². The highest BCUT2D eigenvalue weighted by Gasteiger charge is 2.31. The van der Waals surface area contributed by atoms with Crippen LogP contribution in [0.25, 0.3) is 5.82 Å². The molecule has 2 aliphatic rings. The van der Waals surface area contributed by atoms with Crippen LogP contribution in [0.1, 0.15) is 42.4 Å². The number of hydrogen-bond acceptors (Lipinski definition) is 7.